The molecule has 1 aliphatic carbocycles. The van der Waals surface area contributed by atoms with Crippen molar-refractivity contribution in [2.75, 3.05) is 0 Å². The minimum atomic E-state index is -3.51. The van der Waals surface area contributed by atoms with Crippen molar-refractivity contribution in [3.8, 4) is 11.5 Å². The fourth-order valence-electron chi connectivity index (χ4n) is 4.29. The Morgan fingerprint density at radius 1 is 0.763 bits per heavy atom. The van der Waals surface area contributed by atoms with E-state index in [1.807, 2.05) is 6.07 Å². The number of benzene rings is 2. The van der Waals surface area contributed by atoms with Crippen molar-refractivity contribution in [1.82, 2.24) is 4.72 Å². The Morgan fingerprint density at radius 2 is 1.29 bits per heavy atom. The number of nitrogens with one attached hydrogen (secondary N) is 1. The van der Waals surface area contributed by atoms with Crippen molar-refractivity contribution < 1.29 is 17.3 Å². The first-order valence-electron chi connectivity index (χ1n) is 13.9. The summed E-state index contributed by atoms with van der Waals surface area (Å²) in [6.07, 6.45) is 3.44. The van der Waals surface area contributed by atoms with Gasteiger partial charge in [0, 0.05) is 12.1 Å². The summed E-state index contributed by atoms with van der Waals surface area (Å²) >= 11 is 0. The van der Waals surface area contributed by atoms with Crippen molar-refractivity contribution in [2.45, 2.75) is 120 Å². The molecule has 212 valence electrons. The van der Waals surface area contributed by atoms with Gasteiger partial charge in [-0.2, -0.15) is 0 Å². The van der Waals surface area contributed by atoms with Gasteiger partial charge in [0.05, 0.1) is 4.90 Å². The van der Waals surface area contributed by atoms with Gasteiger partial charge in [-0.05, 0) is 91.6 Å². The highest BCUT2D eigenvalue weighted by atomic mass is 32.2. The first-order chi connectivity index (χ1) is 17.3. The van der Waals surface area contributed by atoms with E-state index in [2.05, 4.69) is 90.7 Å². The molecule has 0 bridgehead atoms. The zero-order chi connectivity index (χ0) is 28.6. The van der Waals surface area contributed by atoms with Gasteiger partial charge in [0.2, 0.25) is 26.7 Å². The predicted molar refractivity (Wildman–Crippen MR) is 164 cm³/mol. The van der Waals surface area contributed by atoms with E-state index in [1.54, 1.807) is 24.3 Å². The van der Waals surface area contributed by atoms with E-state index in [0.29, 0.717) is 10.8 Å². The summed E-state index contributed by atoms with van der Waals surface area (Å²) in [5.74, 6) is 2.16. The van der Waals surface area contributed by atoms with E-state index in [4.69, 9.17) is 8.85 Å². The van der Waals surface area contributed by atoms with Crippen LogP contribution in [-0.4, -0.2) is 31.1 Å². The second kappa shape index (κ2) is 11.1. The summed E-state index contributed by atoms with van der Waals surface area (Å²) in [6.45, 7) is 22.7. The Bertz CT molecular complexity index is 1190. The SMILES string of the molecule is CC(C)(C)[Si](C)(C)Oc1ccc([C@H]2CC[C@@H](NS(=O)(=O)c3ccccc3)CC2)c(O[Si](C)(C)C(C)(C)C)c1. The summed E-state index contributed by atoms with van der Waals surface area (Å²) < 4.78 is 42.2. The molecule has 8 heteroatoms. The lowest BCUT2D eigenvalue weighted by atomic mass is 9.81. The van der Waals surface area contributed by atoms with Gasteiger partial charge >= 0.3 is 0 Å². The molecule has 0 atom stereocenters. The summed E-state index contributed by atoms with van der Waals surface area (Å²) in [4.78, 5) is 0.324. The lowest BCUT2D eigenvalue weighted by Gasteiger charge is -2.39. The molecular weight excluding hydrogens is 527 g/mol. The minimum absolute atomic E-state index is 0.0533. The fourth-order valence-corrected chi connectivity index (χ4v) is 7.67. The average Bonchev–Trinajstić information content (AvgIpc) is 2.78. The number of rotatable bonds is 8. The summed E-state index contributed by atoms with van der Waals surface area (Å²) in [6, 6.07) is 15.0. The molecule has 0 amide bonds. The molecule has 1 N–H and O–H groups in total. The molecule has 3 rings (SSSR count). The van der Waals surface area contributed by atoms with Gasteiger partial charge < -0.3 is 8.85 Å². The van der Waals surface area contributed by atoms with Gasteiger partial charge in [0.1, 0.15) is 11.5 Å². The molecule has 0 aliphatic heterocycles. The molecule has 0 unspecified atom stereocenters. The van der Waals surface area contributed by atoms with Gasteiger partial charge in [-0.15, -0.1) is 0 Å². The topological polar surface area (TPSA) is 64.6 Å². The summed E-state index contributed by atoms with van der Waals surface area (Å²) in [5, 5.41) is 0.186. The molecule has 0 radical (unpaired) electrons. The highest BCUT2D eigenvalue weighted by molar-refractivity contribution is 7.89. The Kier molecular flexibility index (Phi) is 9.03. The second-order valence-electron chi connectivity index (χ2n) is 13.9. The molecule has 5 nitrogen and oxygen atoms in total. The molecule has 2 aromatic carbocycles. The normalized spacial score (nSPS) is 19.7. The molecule has 0 saturated heterocycles. The van der Waals surface area contributed by atoms with Gasteiger partial charge in [0.15, 0.2) is 0 Å². The molecule has 0 aromatic heterocycles. The third kappa shape index (κ3) is 7.31. The van der Waals surface area contributed by atoms with Gasteiger partial charge in [-0.25, -0.2) is 13.1 Å². The molecule has 1 fully saturated rings. The third-order valence-electron chi connectivity index (χ3n) is 8.88. The van der Waals surface area contributed by atoms with E-state index in [0.717, 1.165) is 37.2 Å². The number of hydrogen-bond donors (Lipinski definition) is 1. The Morgan fingerprint density at radius 3 is 1.82 bits per heavy atom. The van der Waals surface area contributed by atoms with Crippen LogP contribution in [0.4, 0.5) is 0 Å². The van der Waals surface area contributed by atoms with Gasteiger partial charge in [0.25, 0.3) is 0 Å². The number of sulfonamides is 1. The third-order valence-corrected chi connectivity index (χ3v) is 19.1. The second-order valence-corrected chi connectivity index (χ2v) is 25.1. The van der Waals surface area contributed by atoms with Gasteiger partial charge in [-0.3, -0.25) is 0 Å². The number of hydrogen-bond acceptors (Lipinski definition) is 4. The Hall–Kier alpha value is -1.62. The van der Waals surface area contributed by atoms with E-state index in [-0.39, 0.29) is 16.1 Å². The molecule has 2 aromatic rings. The molecular formula is C30H49NO4SSi2. The summed E-state index contributed by atoms with van der Waals surface area (Å²) in [5.41, 5.74) is 1.22. The van der Waals surface area contributed by atoms with Crippen LogP contribution in [0, 0.1) is 0 Å². The smallest absolute Gasteiger partial charge is 0.250 e. The van der Waals surface area contributed by atoms with Crippen molar-refractivity contribution >= 4 is 26.7 Å². The van der Waals surface area contributed by atoms with Crippen molar-refractivity contribution in [3.63, 3.8) is 0 Å². The van der Waals surface area contributed by atoms with E-state index >= 15 is 0 Å². The van der Waals surface area contributed by atoms with Crippen LogP contribution in [-0.2, 0) is 10.0 Å². The highest BCUT2D eigenvalue weighted by Gasteiger charge is 2.41. The predicted octanol–water partition coefficient (Wildman–Crippen LogP) is 8.46. The zero-order valence-electron chi connectivity index (χ0n) is 25.1. The van der Waals surface area contributed by atoms with Crippen molar-refractivity contribution in [3.05, 3.63) is 54.1 Å². The van der Waals surface area contributed by atoms with Crippen LogP contribution in [0.3, 0.4) is 0 Å². The minimum Gasteiger partial charge on any atom is -0.543 e. The molecule has 1 saturated carbocycles. The zero-order valence-corrected chi connectivity index (χ0v) is 28.0. The standard InChI is InChI=1S/C30H49NO4SSi2/c1-29(2,3)37(7,8)34-25-20-21-27(28(22-25)35-38(9,10)30(4,5)6)23-16-18-24(19-17-23)31-36(32,33)26-14-12-11-13-15-26/h11-15,20-24,31H,16-19H2,1-10H3/t23-,24+. The maximum Gasteiger partial charge on any atom is 0.250 e. The van der Waals surface area contributed by atoms with Crippen LogP contribution >= 0.6 is 0 Å². The van der Waals surface area contributed by atoms with Crippen molar-refractivity contribution in [2.24, 2.45) is 0 Å². The fraction of sp³-hybridized carbons (Fsp3) is 0.600. The first-order valence-corrected chi connectivity index (χ1v) is 21.2. The molecule has 0 heterocycles. The van der Waals surface area contributed by atoms with Crippen LogP contribution in [0.25, 0.3) is 0 Å². The maximum absolute atomic E-state index is 12.8. The summed E-state index contributed by atoms with van der Waals surface area (Å²) in [7, 11) is -7.58. The van der Waals surface area contributed by atoms with E-state index < -0.39 is 26.7 Å². The van der Waals surface area contributed by atoms with E-state index in [9.17, 15) is 8.42 Å². The molecule has 38 heavy (non-hydrogen) atoms. The lowest BCUT2D eigenvalue weighted by Crippen LogP contribution is -2.44. The first kappa shape index (κ1) is 30.9. The van der Waals surface area contributed by atoms with E-state index in [1.165, 1.54) is 5.56 Å². The largest absolute Gasteiger partial charge is 0.543 e. The maximum atomic E-state index is 12.8. The Balaban J connectivity index is 1.83. The molecule has 0 spiro atoms. The average molecular weight is 576 g/mol. The quantitative estimate of drug-likeness (QED) is 0.321. The molecule has 1 aliphatic rings. The van der Waals surface area contributed by atoms with Crippen LogP contribution in [0.5, 0.6) is 11.5 Å². The monoisotopic (exact) mass is 575 g/mol. The van der Waals surface area contributed by atoms with Crippen LogP contribution < -0.4 is 13.6 Å². The van der Waals surface area contributed by atoms with Crippen LogP contribution in [0.15, 0.2) is 53.4 Å². The Labute approximate surface area is 234 Å². The highest BCUT2D eigenvalue weighted by Crippen LogP contribution is 2.45. The lowest BCUT2D eigenvalue weighted by molar-refractivity contribution is 0.367. The van der Waals surface area contributed by atoms with Crippen LogP contribution in [0.2, 0.25) is 36.3 Å². The van der Waals surface area contributed by atoms with Gasteiger partial charge in [-0.1, -0.05) is 65.8 Å². The van der Waals surface area contributed by atoms with Crippen LogP contribution in [0.1, 0.15) is 78.7 Å². The van der Waals surface area contributed by atoms with Crippen molar-refractivity contribution in [1.29, 1.82) is 0 Å².